The Balaban J connectivity index is 2.02. The highest BCUT2D eigenvalue weighted by molar-refractivity contribution is 7.89. The molecule has 1 aromatic rings. The van der Waals surface area contributed by atoms with Crippen molar-refractivity contribution in [2.45, 2.75) is 44.6 Å². The average Bonchev–Trinajstić information content (AvgIpc) is 2.59. The smallest absolute Gasteiger partial charge is 0.240 e. The predicted octanol–water partition coefficient (Wildman–Crippen LogP) is 2.19. The zero-order valence-corrected chi connectivity index (χ0v) is 16.8. The molecule has 2 rings (SSSR count). The number of likely N-dealkylation sites (N-methyl/N-ethyl adjacent to an activating group) is 1. The topological polar surface area (TPSA) is 52.7 Å². The van der Waals surface area contributed by atoms with E-state index in [1.807, 2.05) is 12.1 Å². The number of piperazine rings is 1. The van der Waals surface area contributed by atoms with Gasteiger partial charge in [0.05, 0.1) is 4.90 Å². The van der Waals surface area contributed by atoms with Crippen LogP contribution in [0.3, 0.4) is 0 Å². The molecule has 0 radical (unpaired) electrons. The number of aryl methyl sites for hydroxylation is 1. The third-order valence-corrected chi connectivity index (χ3v) is 6.39. The van der Waals surface area contributed by atoms with Gasteiger partial charge in [-0.2, -0.15) is 0 Å². The fraction of sp³-hybridized carbons (Fsp3) is 0.684. The van der Waals surface area contributed by atoms with Crippen molar-refractivity contribution >= 4 is 10.0 Å². The summed E-state index contributed by atoms with van der Waals surface area (Å²) in [5, 5.41) is 0. The maximum absolute atomic E-state index is 12.6. The quantitative estimate of drug-likeness (QED) is 0.765. The predicted molar refractivity (Wildman–Crippen MR) is 103 cm³/mol. The van der Waals surface area contributed by atoms with Crippen molar-refractivity contribution in [1.82, 2.24) is 14.5 Å². The molecule has 25 heavy (non-hydrogen) atoms. The fourth-order valence-corrected chi connectivity index (χ4v) is 4.36. The van der Waals surface area contributed by atoms with Crippen LogP contribution in [-0.4, -0.2) is 64.0 Å². The summed E-state index contributed by atoms with van der Waals surface area (Å²) in [6, 6.07) is 7.43. The van der Waals surface area contributed by atoms with Gasteiger partial charge in [-0.05, 0) is 43.5 Å². The third-order valence-electron chi connectivity index (χ3n) is 4.95. The first kappa shape index (κ1) is 20.4. The molecule has 0 aromatic heterocycles. The van der Waals surface area contributed by atoms with Crippen LogP contribution in [0.4, 0.5) is 0 Å². The molecule has 1 saturated heterocycles. The molecule has 0 amide bonds. The van der Waals surface area contributed by atoms with E-state index >= 15 is 0 Å². The largest absolute Gasteiger partial charge is 0.304 e. The summed E-state index contributed by atoms with van der Waals surface area (Å²) in [6.07, 6.45) is 1.91. The fourth-order valence-electron chi connectivity index (χ4n) is 3.29. The summed E-state index contributed by atoms with van der Waals surface area (Å²) in [5.74, 6) is 0.540. The van der Waals surface area contributed by atoms with Gasteiger partial charge in [-0.1, -0.05) is 32.9 Å². The number of sulfonamides is 1. The van der Waals surface area contributed by atoms with Crippen LogP contribution in [-0.2, 0) is 16.4 Å². The molecule has 0 saturated carbocycles. The zero-order valence-electron chi connectivity index (χ0n) is 16.0. The van der Waals surface area contributed by atoms with E-state index in [9.17, 15) is 8.42 Å². The molecule has 5 nitrogen and oxygen atoms in total. The van der Waals surface area contributed by atoms with Gasteiger partial charge in [0, 0.05) is 38.8 Å². The van der Waals surface area contributed by atoms with E-state index in [0.29, 0.717) is 17.4 Å². The maximum atomic E-state index is 12.6. The summed E-state index contributed by atoms with van der Waals surface area (Å²) < 4.78 is 28.1. The Kier molecular flexibility index (Phi) is 7.43. The van der Waals surface area contributed by atoms with Gasteiger partial charge in [0.1, 0.15) is 0 Å². The molecule has 6 heteroatoms. The van der Waals surface area contributed by atoms with Crippen molar-refractivity contribution in [2.75, 3.05) is 39.8 Å². The standard InChI is InChI=1S/C19H33N3O2S/c1-5-17-6-8-19(9-7-17)25(23,24)20-15-18(14-16(2)3)22-12-10-21(4)11-13-22/h6-9,16,18,20H,5,10-15H2,1-4H3. The first-order chi connectivity index (χ1) is 11.8. The molecule has 142 valence electrons. The van der Waals surface area contributed by atoms with Gasteiger partial charge in [-0.25, -0.2) is 13.1 Å². The van der Waals surface area contributed by atoms with E-state index in [-0.39, 0.29) is 6.04 Å². The number of nitrogens with zero attached hydrogens (tertiary/aromatic N) is 2. The molecule has 1 unspecified atom stereocenters. The molecule has 1 aliphatic heterocycles. The number of nitrogens with one attached hydrogen (secondary N) is 1. The van der Waals surface area contributed by atoms with Crippen molar-refractivity contribution in [1.29, 1.82) is 0 Å². The summed E-state index contributed by atoms with van der Waals surface area (Å²) in [6.45, 7) is 11.0. The summed E-state index contributed by atoms with van der Waals surface area (Å²) >= 11 is 0. The summed E-state index contributed by atoms with van der Waals surface area (Å²) in [4.78, 5) is 5.11. The lowest BCUT2D eigenvalue weighted by molar-refractivity contribution is 0.102. The lowest BCUT2D eigenvalue weighted by Crippen LogP contribution is -2.52. The van der Waals surface area contributed by atoms with Crippen LogP contribution in [0.5, 0.6) is 0 Å². The molecule has 0 bridgehead atoms. The normalized spacial score (nSPS) is 18.6. The Labute approximate surface area is 153 Å². The molecular weight excluding hydrogens is 334 g/mol. The molecule has 1 fully saturated rings. The third kappa shape index (κ3) is 6.06. The van der Waals surface area contributed by atoms with Gasteiger partial charge < -0.3 is 4.90 Å². The highest BCUT2D eigenvalue weighted by Gasteiger charge is 2.25. The number of benzene rings is 1. The highest BCUT2D eigenvalue weighted by Crippen LogP contribution is 2.16. The Morgan fingerprint density at radius 2 is 1.68 bits per heavy atom. The Bertz CT molecular complexity index is 621. The van der Waals surface area contributed by atoms with E-state index in [1.165, 1.54) is 0 Å². The molecule has 0 spiro atoms. The second-order valence-electron chi connectivity index (χ2n) is 7.47. The van der Waals surface area contributed by atoms with Crippen molar-refractivity contribution in [2.24, 2.45) is 5.92 Å². The van der Waals surface area contributed by atoms with Gasteiger partial charge in [0.15, 0.2) is 0 Å². The Hall–Kier alpha value is -0.950. The molecule has 1 atom stereocenters. The number of hydrogen-bond donors (Lipinski definition) is 1. The van der Waals surface area contributed by atoms with Crippen molar-refractivity contribution in [3.05, 3.63) is 29.8 Å². The minimum atomic E-state index is -3.45. The molecular formula is C19H33N3O2S. The Morgan fingerprint density at radius 1 is 1.08 bits per heavy atom. The van der Waals surface area contributed by atoms with Crippen LogP contribution in [0.2, 0.25) is 0 Å². The van der Waals surface area contributed by atoms with E-state index in [2.05, 4.69) is 42.3 Å². The molecule has 0 aliphatic carbocycles. The lowest BCUT2D eigenvalue weighted by atomic mass is 10.0. The van der Waals surface area contributed by atoms with Crippen LogP contribution >= 0.6 is 0 Å². The van der Waals surface area contributed by atoms with Crippen LogP contribution in [0.25, 0.3) is 0 Å². The van der Waals surface area contributed by atoms with Crippen molar-refractivity contribution in [3.63, 3.8) is 0 Å². The van der Waals surface area contributed by atoms with E-state index in [1.54, 1.807) is 12.1 Å². The first-order valence-corrected chi connectivity index (χ1v) is 10.8. The van der Waals surface area contributed by atoms with Crippen LogP contribution in [0.1, 0.15) is 32.8 Å². The second-order valence-corrected chi connectivity index (χ2v) is 9.24. The number of rotatable bonds is 8. The van der Waals surface area contributed by atoms with E-state index in [4.69, 9.17) is 0 Å². The SMILES string of the molecule is CCc1ccc(S(=O)(=O)NCC(CC(C)C)N2CCN(C)CC2)cc1. The minimum Gasteiger partial charge on any atom is -0.304 e. The second kappa shape index (κ2) is 9.12. The molecule has 1 heterocycles. The zero-order chi connectivity index (χ0) is 18.4. The van der Waals surface area contributed by atoms with Crippen molar-refractivity contribution < 1.29 is 8.42 Å². The van der Waals surface area contributed by atoms with Gasteiger partial charge >= 0.3 is 0 Å². The first-order valence-electron chi connectivity index (χ1n) is 9.33. The van der Waals surface area contributed by atoms with E-state index < -0.39 is 10.0 Å². The van der Waals surface area contributed by atoms with E-state index in [0.717, 1.165) is 44.6 Å². The highest BCUT2D eigenvalue weighted by atomic mass is 32.2. The molecule has 1 aromatic carbocycles. The Morgan fingerprint density at radius 3 is 2.20 bits per heavy atom. The van der Waals surface area contributed by atoms with Gasteiger partial charge in [0.2, 0.25) is 10.0 Å². The van der Waals surface area contributed by atoms with Crippen LogP contribution < -0.4 is 4.72 Å². The molecule has 1 N–H and O–H groups in total. The average molecular weight is 368 g/mol. The lowest BCUT2D eigenvalue weighted by Gasteiger charge is -2.38. The maximum Gasteiger partial charge on any atom is 0.240 e. The summed E-state index contributed by atoms with van der Waals surface area (Å²) in [5.41, 5.74) is 1.15. The van der Waals surface area contributed by atoms with Gasteiger partial charge in [-0.3, -0.25) is 4.90 Å². The van der Waals surface area contributed by atoms with Crippen LogP contribution in [0.15, 0.2) is 29.2 Å². The summed E-state index contributed by atoms with van der Waals surface area (Å²) in [7, 11) is -1.32. The monoisotopic (exact) mass is 367 g/mol. The van der Waals surface area contributed by atoms with Crippen LogP contribution in [0, 0.1) is 5.92 Å². The minimum absolute atomic E-state index is 0.249. The van der Waals surface area contributed by atoms with Gasteiger partial charge in [-0.15, -0.1) is 0 Å². The van der Waals surface area contributed by atoms with Crippen molar-refractivity contribution in [3.8, 4) is 0 Å². The number of hydrogen-bond acceptors (Lipinski definition) is 4. The van der Waals surface area contributed by atoms with Gasteiger partial charge in [0.25, 0.3) is 0 Å². The molecule has 1 aliphatic rings.